The van der Waals surface area contributed by atoms with Crippen LogP contribution in [0.4, 0.5) is 0 Å². The number of ether oxygens (including phenoxy) is 1. The van der Waals surface area contributed by atoms with Crippen molar-refractivity contribution in [2.24, 2.45) is 29.2 Å². The number of nitrogens with two attached hydrogens (primary N) is 2. The molecular weight excluding hydrogens is 606 g/mol. The maximum absolute atomic E-state index is 14.7. The normalized spacial score (nSPS) is 18.6. The summed E-state index contributed by atoms with van der Waals surface area (Å²) in [6.07, 6.45) is 3.82. The maximum Gasteiger partial charge on any atom is 0.329 e. The molecule has 0 aromatic heterocycles. The Bertz CT molecular complexity index is 1410. The minimum Gasteiger partial charge on any atom is -0.467 e. The fourth-order valence-corrected chi connectivity index (χ4v) is 6.49. The summed E-state index contributed by atoms with van der Waals surface area (Å²) >= 11 is 0. The Balaban J connectivity index is 1.96. The van der Waals surface area contributed by atoms with Gasteiger partial charge in [-0.25, -0.2) is 4.79 Å². The molecule has 0 saturated heterocycles. The molecule has 2 aromatic rings. The molecule has 2 unspecified atom stereocenters. The van der Waals surface area contributed by atoms with Crippen LogP contribution in [0.1, 0.15) is 65.5 Å². The van der Waals surface area contributed by atoms with Gasteiger partial charge in [-0.15, -0.1) is 0 Å². The molecule has 0 bridgehead atoms. The van der Waals surface area contributed by atoms with Crippen LogP contribution in [-0.2, 0) is 36.8 Å². The summed E-state index contributed by atoms with van der Waals surface area (Å²) < 4.78 is 5.05. The molecule has 0 spiro atoms. The summed E-state index contributed by atoms with van der Waals surface area (Å²) in [5.41, 5.74) is 15.0. The molecule has 0 aliphatic carbocycles. The van der Waals surface area contributed by atoms with Gasteiger partial charge in [-0.3, -0.25) is 24.2 Å². The third-order valence-corrected chi connectivity index (χ3v) is 9.35. The van der Waals surface area contributed by atoms with E-state index < -0.39 is 47.4 Å². The summed E-state index contributed by atoms with van der Waals surface area (Å²) in [5, 5.41) is 3.11. The molecule has 0 saturated carbocycles. The Morgan fingerprint density at radius 3 is 2.08 bits per heavy atom. The zero-order valence-electron chi connectivity index (χ0n) is 29.6. The summed E-state index contributed by atoms with van der Waals surface area (Å²) in [6.45, 7) is 11.7. The molecule has 1 aliphatic heterocycles. The van der Waals surface area contributed by atoms with E-state index in [4.69, 9.17) is 16.2 Å². The number of esters is 1. The number of nitrogens with zero attached hydrogens (tertiary/aromatic N) is 2. The van der Waals surface area contributed by atoms with Gasteiger partial charge in [0.15, 0.2) is 5.66 Å². The Morgan fingerprint density at radius 2 is 1.56 bits per heavy atom. The number of amides is 3. The lowest BCUT2D eigenvalue weighted by atomic mass is 9.89. The second-order valence-electron chi connectivity index (χ2n) is 13.5. The standard InChI is InChI=1S/C38H55N5O5/c1-8-33(44)43(34(25(2)3)36(46)48-7)37(47)38(40,26(4)5)42-20-19-31(22-30(24-42)21-28-15-11-9-12-16-28)27(6)41-35(45)32(39)23-29-17-13-10-14-18-29/h9-18,22,25-27,30,32,34H,8,19-21,23-24,39-40H2,1-7H3,(H,41,45)/t27?,30?,32-,34-,38+/m0/s1. The first-order valence-corrected chi connectivity index (χ1v) is 17.1. The number of methoxy groups -OCH3 is 1. The Hall–Kier alpha value is -3.86. The Kier molecular flexibility index (Phi) is 14.1. The fraction of sp³-hybridized carbons (Fsp3) is 0.526. The number of hydrogen-bond acceptors (Lipinski definition) is 8. The first-order valence-electron chi connectivity index (χ1n) is 17.1. The maximum atomic E-state index is 14.7. The lowest BCUT2D eigenvalue weighted by molar-refractivity contribution is -0.169. The highest BCUT2D eigenvalue weighted by Gasteiger charge is 2.51. The SMILES string of the molecule is CCC(=O)N(C(=O)[C@@](N)(C(C)C)N1CCC(C(C)NC(=O)[C@@H](N)Cc2ccccc2)=CC(Cc2ccccc2)C1)[C@H](C(=O)OC)C(C)C. The average Bonchev–Trinajstić information content (AvgIpc) is 3.29. The summed E-state index contributed by atoms with van der Waals surface area (Å²) in [4.78, 5) is 57.3. The summed E-state index contributed by atoms with van der Waals surface area (Å²) in [5.74, 6) is -2.91. The van der Waals surface area contributed by atoms with Crippen LogP contribution in [0.2, 0.25) is 0 Å². The van der Waals surface area contributed by atoms with Gasteiger partial charge in [0, 0.05) is 25.6 Å². The molecule has 5 atom stereocenters. The van der Waals surface area contributed by atoms with Crippen LogP contribution in [0.5, 0.6) is 0 Å². The van der Waals surface area contributed by atoms with Crippen molar-refractivity contribution in [3.05, 3.63) is 83.4 Å². The van der Waals surface area contributed by atoms with Crippen LogP contribution in [0, 0.1) is 17.8 Å². The molecule has 10 heteroatoms. The van der Waals surface area contributed by atoms with Gasteiger partial charge >= 0.3 is 5.97 Å². The number of carbonyl (C=O) groups excluding carboxylic acids is 4. The van der Waals surface area contributed by atoms with Gasteiger partial charge in [-0.05, 0) is 55.1 Å². The van der Waals surface area contributed by atoms with E-state index in [0.29, 0.717) is 32.4 Å². The summed E-state index contributed by atoms with van der Waals surface area (Å²) in [7, 11) is 1.25. The number of imide groups is 1. The summed E-state index contributed by atoms with van der Waals surface area (Å²) in [6, 6.07) is 17.6. The van der Waals surface area contributed by atoms with Crippen molar-refractivity contribution in [2.45, 2.75) is 91.0 Å². The van der Waals surface area contributed by atoms with Gasteiger partial charge in [0.1, 0.15) is 6.04 Å². The van der Waals surface area contributed by atoms with Gasteiger partial charge in [0.2, 0.25) is 11.8 Å². The molecule has 10 nitrogen and oxygen atoms in total. The molecule has 1 heterocycles. The van der Waals surface area contributed by atoms with Gasteiger partial charge in [-0.1, -0.05) is 107 Å². The van der Waals surface area contributed by atoms with Crippen LogP contribution < -0.4 is 16.8 Å². The van der Waals surface area contributed by atoms with E-state index in [1.807, 2.05) is 74.2 Å². The molecule has 0 fully saturated rings. The highest BCUT2D eigenvalue weighted by Crippen LogP contribution is 2.31. The molecule has 5 N–H and O–H groups in total. The average molecular weight is 662 g/mol. The van der Waals surface area contributed by atoms with Crippen LogP contribution in [0.25, 0.3) is 0 Å². The highest BCUT2D eigenvalue weighted by molar-refractivity contribution is 6.03. The molecule has 2 aromatic carbocycles. The van der Waals surface area contributed by atoms with Crippen LogP contribution in [-0.4, -0.2) is 77.5 Å². The zero-order valence-corrected chi connectivity index (χ0v) is 29.6. The molecule has 3 rings (SSSR count). The molecule has 1 aliphatic rings. The highest BCUT2D eigenvalue weighted by atomic mass is 16.5. The van der Waals surface area contributed by atoms with Gasteiger partial charge < -0.3 is 21.5 Å². The Labute approximate surface area is 286 Å². The quantitative estimate of drug-likeness (QED) is 0.205. The van der Waals surface area contributed by atoms with E-state index in [1.165, 1.54) is 7.11 Å². The number of nitrogens with one attached hydrogen (secondary N) is 1. The molecule has 48 heavy (non-hydrogen) atoms. The van der Waals surface area contributed by atoms with E-state index in [1.54, 1.807) is 20.8 Å². The lowest BCUT2D eigenvalue weighted by Gasteiger charge is -2.46. The number of benzene rings is 2. The first-order chi connectivity index (χ1) is 22.7. The molecule has 0 radical (unpaired) electrons. The lowest BCUT2D eigenvalue weighted by Crippen LogP contribution is -2.71. The third kappa shape index (κ3) is 9.39. The van der Waals surface area contributed by atoms with E-state index in [2.05, 4.69) is 23.5 Å². The van der Waals surface area contributed by atoms with Crippen molar-refractivity contribution in [2.75, 3.05) is 20.2 Å². The van der Waals surface area contributed by atoms with Gasteiger partial charge in [0.25, 0.3) is 5.91 Å². The van der Waals surface area contributed by atoms with E-state index >= 15 is 0 Å². The predicted octanol–water partition coefficient (Wildman–Crippen LogP) is 3.83. The number of rotatable bonds is 14. The number of hydrogen-bond donors (Lipinski definition) is 3. The van der Waals surface area contributed by atoms with Crippen molar-refractivity contribution in [1.82, 2.24) is 15.1 Å². The first kappa shape index (κ1) is 38.6. The van der Waals surface area contributed by atoms with Gasteiger partial charge in [0.05, 0.1) is 13.2 Å². The topological polar surface area (TPSA) is 148 Å². The Morgan fingerprint density at radius 1 is 0.979 bits per heavy atom. The zero-order chi connectivity index (χ0) is 35.6. The van der Waals surface area contributed by atoms with Crippen LogP contribution in [0.15, 0.2) is 72.3 Å². The van der Waals surface area contributed by atoms with Crippen molar-refractivity contribution in [3.8, 4) is 0 Å². The predicted molar refractivity (Wildman–Crippen MR) is 188 cm³/mol. The largest absolute Gasteiger partial charge is 0.467 e. The molecular formula is C38H55N5O5. The smallest absolute Gasteiger partial charge is 0.329 e. The fourth-order valence-electron chi connectivity index (χ4n) is 6.49. The van der Waals surface area contributed by atoms with Crippen molar-refractivity contribution in [1.29, 1.82) is 0 Å². The van der Waals surface area contributed by atoms with E-state index in [9.17, 15) is 19.2 Å². The minimum absolute atomic E-state index is 0.0199. The van der Waals surface area contributed by atoms with Crippen molar-refractivity contribution >= 4 is 23.7 Å². The van der Waals surface area contributed by atoms with Crippen molar-refractivity contribution < 1.29 is 23.9 Å². The molecule has 3 amide bonds. The van der Waals surface area contributed by atoms with E-state index in [-0.39, 0.29) is 24.3 Å². The van der Waals surface area contributed by atoms with Gasteiger partial charge in [-0.2, -0.15) is 0 Å². The van der Waals surface area contributed by atoms with Crippen LogP contribution >= 0.6 is 0 Å². The number of carbonyl (C=O) groups is 4. The third-order valence-electron chi connectivity index (χ3n) is 9.35. The second kappa shape index (κ2) is 17.5. The minimum atomic E-state index is -1.62. The van der Waals surface area contributed by atoms with Crippen molar-refractivity contribution in [3.63, 3.8) is 0 Å². The monoisotopic (exact) mass is 661 g/mol. The second-order valence-corrected chi connectivity index (χ2v) is 13.5. The molecule has 262 valence electrons. The van der Waals surface area contributed by atoms with Crippen LogP contribution in [0.3, 0.4) is 0 Å². The van der Waals surface area contributed by atoms with E-state index in [0.717, 1.165) is 21.6 Å².